The van der Waals surface area contributed by atoms with Gasteiger partial charge in [0.05, 0.1) is 6.61 Å². The Morgan fingerprint density at radius 3 is 2.67 bits per heavy atom. The second-order valence-electron chi connectivity index (χ2n) is 3.99. The van der Waals surface area contributed by atoms with Crippen LogP contribution in [-0.4, -0.2) is 79.4 Å². The summed E-state index contributed by atoms with van der Waals surface area (Å²) in [4.78, 5) is 4.95. The summed E-state index contributed by atoms with van der Waals surface area (Å²) >= 11 is 4.95. The minimum atomic E-state index is -1.27. The number of rotatable bonds is 2. The van der Waals surface area contributed by atoms with Crippen molar-refractivity contribution < 1.29 is 25.3 Å². The van der Waals surface area contributed by atoms with E-state index in [1.165, 1.54) is 4.90 Å². The molecule has 1 fully saturated rings. The molecule has 0 saturated carbocycles. The molecule has 0 radical (unpaired) electrons. The quantitative estimate of drug-likeness (QED) is 0.335. The van der Waals surface area contributed by atoms with Gasteiger partial charge in [0.15, 0.2) is 6.23 Å². The number of hydroxylamine groups is 2. The molecular formula is C8H14N4O5S. The van der Waals surface area contributed by atoms with Crippen LogP contribution in [0.2, 0.25) is 0 Å². The lowest BCUT2D eigenvalue weighted by atomic mass is 10.1. The fourth-order valence-electron chi connectivity index (χ4n) is 1.82. The van der Waals surface area contributed by atoms with Crippen LogP contribution < -0.4 is 5.73 Å². The van der Waals surface area contributed by atoms with Crippen LogP contribution in [0.1, 0.15) is 0 Å². The van der Waals surface area contributed by atoms with Crippen molar-refractivity contribution >= 4 is 23.3 Å². The van der Waals surface area contributed by atoms with Gasteiger partial charge < -0.3 is 25.8 Å². The number of hydrogen-bond acceptors (Lipinski definition) is 8. The minimum absolute atomic E-state index is 0.0210. The van der Waals surface area contributed by atoms with Crippen LogP contribution in [0, 0.1) is 0 Å². The molecule has 102 valence electrons. The first-order valence-corrected chi connectivity index (χ1v) is 5.60. The van der Waals surface area contributed by atoms with Crippen LogP contribution in [0.3, 0.4) is 0 Å². The largest absolute Gasteiger partial charge is 0.394 e. The topological polar surface area (TPSA) is 135 Å². The van der Waals surface area contributed by atoms with E-state index in [1.54, 1.807) is 0 Å². The highest BCUT2D eigenvalue weighted by atomic mass is 32.1. The third-order valence-electron chi connectivity index (χ3n) is 2.83. The minimum Gasteiger partial charge on any atom is -0.394 e. The van der Waals surface area contributed by atoms with E-state index in [-0.39, 0.29) is 17.7 Å². The molecule has 2 heterocycles. The summed E-state index contributed by atoms with van der Waals surface area (Å²) in [7, 11) is 0. The molecule has 10 heteroatoms. The monoisotopic (exact) mass is 278 g/mol. The maximum absolute atomic E-state index is 9.81. The Hall–Kier alpha value is -1.04. The summed E-state index contributed by atoms with van der Waals surface area (Å²) in [5.41, 5.74) is 5.36. The number of hydrogen-bond donors (Lipinski definition) is 5. The van der Waals surface area contributed by atoms with Crippen molar-refractivity contribution in [1.82, 2.24) is 9.96 Å². The summed E-state index contributed by atoms with van der Waals surface area (Å²) in [6.45, 7) is -0.593. The molecule has 18 heavy (non-hydrogen) atoms. The van der Waals surface area contributed by atoms with E-state index in [4.69, 9.17) is 27.8 Å². The highest BCUT2D eigenvalue weighted by molar-refractivity contribution is 7.80. The number of thiocarbonyl (C=S) groups is 1. The van der Waals surface area contributed by atoms with Crippen molar-refractivity contribution in [2.75, 3.05) is 13.3 Å². The van der Waals surface area contributed by atoms with Crippen LogP contribution in [0.15, 0.2) is 4.99 Å². The molecule has 0 aromatic carbocycles. The molecule has 0 aliphatic carbocycles. The molecule has 0 bridgehead atoms. The highest BCUT2D eigenvalue weighted by Gasteiger charge is 2.47. The van der Waals surface area contributed by atoms with Crippen molar-refractivity contribution in [3.63, 3.8) is 0 Å². The normalized spacial score (nSPS) is 37.1. The van der Waals surface area contributed by atoms with Crippen molar-refractivity contribution in [3.8, 4) is 0 Å². The molecule has 2 aliphatic heterocycles. The number of guanidine groups is 1. The van der Waals surface area contributed by atoms with E-state index in [0.717, 1.165) is 0 Å². The molecule has 2 aliphatic rings. The first-order valence-electron chi connectivity index (χ1n) is 5.19. The Morgan fingerprint density at radius 1 is 1.44 bits per heavy atom. The fourth-order valence-corrected chi connectivity index (χ4v) is 2.08. The molecule has 0 spiro atoms. The Kier molecular flexibility index (Phi) is 3.66. The molecule has 2 rings (SSSR count). The summed E-state index contributed by atoms with van der Waals surface area (Å²) in [6, 6.07) is 0. The van der Waals surface area contributed by atoms with Gasteiger partial charge in [0.2, 0.25) is 11.1 Å². The SMILES string of the molecule is NC1=NC(=S)N([C@@H]2O[C@H](CO)C(O)C2O)CN1O. The number of nitrogens with zero attached hydrogens (tertiary/aromatic N) is 3. The Bertz CT molecular complexity index is 380. The first kappa shape index (κ1) is 13.4. The van der Waals surface area contributed by atoms with Gasteiger partial charge in [-0.25, -0.2) is 5.06 Å². The number of aliphatic imine (C=N–C) groups is 1. The van der Waals surface area contributed by atoms with Crippen molar-refractivity contribution in [2.24, 2.45) is 10.7 Å². The number of nitrogens with two attached hydrogens (primary N) is 1. The summed E-state index contributed by atoms with van der Waals surface area (Å²) in [6.07, 6.45) is -4.43. The van der Waals surface area contributed by atoms with E-state index in [1.807, 2.05) is 0 Å². The Labute approximate surface area is 108 Å². The highest BCUT2D eigenvalue weighted by Crippen LogP contribution is 2.25. The maximum atomic E-state index is 9.81. The van der Waals surface area contributed by atoms with Gasteiger partial charge in [-0.3, -0.25) is 10.1 Å². The van der Waals surface area contributed by atoms with Crippen LogP contribution in [0.4, 0.5) is 0 Å². The van der Waals surface area contributed by atoms with Gasteiger partial charge in [0.25, 0.3) is 0 Å². The van der Waals surface area contributed by atoms with Gasteiger partial charge in [-0.15, -0.1) is 0 Å². The molecular weight excluding hydrogens is 264 g/mol. The van der Waals surface area contributed by atoms with Gasteiger partial charge in [-0.05, 0) is 12.2 Å². The third-order valence-corrected chi connectivity index (χ3v) is 3.16. The van der Waals surface area contributed by atoms with Gasteiger partial charge in [-0.2, -0.15) is 4.99 Å². The lowest BCUT2D eigenvalue weighted by Gasteiger charge is -2.36. The second-order valence-corrected chi connectivity index (χ2v) is 4.36. The Balaban J connectivity index is 2.16. The summed E-state index contributed by atoms with van der Waals surface area (Å²) in [5, 5.41) is 38.5. The molecule has 0 aromatic rings. The summed E-state index contributed by atoms with van der Waals surface area (Å²) in [5.74, 6) is -0.164. The predicted molar refractivity (Wildman–Crippen MR) is 62.3 cm³/mol. The molecule has 0 amide bonds. The fraction of sp³-hybridized carbons (Fsp3) is 0.750. The number of aliphatic hydroxyl groups excluding tert-OH is 3. The van der Waals surface area contributed by atoms with Crippen LogP contribution in [-0.2, 0) is 4.74 Å². The lowest BCUT2D eigenvalue weighted by molar-refractivity contribution is -0.120. The van der Waals surface area contributed by atoms with Gasteiger partial charge in [-0.1, -0.05) is 0 Å². The first-order chi connectivity index (χ1) is 8.45. The second kappa shape index (κ2) is 4.91. The van der Waals surface area contributed by atoms with Crippen LogP contribution in [0.5, 0.6) is 0 Å². The standard InChI is InChI=1S/C8H14N4O5S/c9-7-10-8(18)11(2-12(7)16)6-5(15)4(14)3(1-13)17-6/h3-6,13-16H,1-2H2,(H2,9,10,18)/t3-,4?,5?,6-/m1/s1. The third kappa shape index (κ3) is 2.13. The zero-order chi connectivity index (χ0) is 13.4. The zero-order valence-corrected chi connectivity index (χ0v) is 10.1. The Morgan fingerprint density at radius 2 is 2.11 bits per heavy atom. The smallest absolute Gasteiger partial charge is 0.224 e. The van der Waals surface area contributed by atoms with E-state index < -0.39 is 31.1 Å². The van der Waals surface area contributed by atoms with Gasteiger partial charge >= 0.3 is 0 Å². The van der Waals surface area contributed by atoms with Crippen LogP contribution in [0.25, 0.3) is 0 Å². The number of ether oxygens (including phenoxy) is 1. The zero-order valence-electron chi connectivity index (χ0n) is 9.25. The molecule has 0 aromatic heterocycles. The van der Waals surface area contributed by atoms with Gasteiger partial charge in [0.1, 0.15) is 25.0 Å². The van der Waals surface area contributed by atoms with Crippen molar-refractivity contribution in [1.29, 1.82) is 0 Å². The van der Waals surface area contributed by atoms with E-state index in [0.29, 0.717) is 5.06 Å². The molecule has 1 saturated heterocycles. The van der Waals surface area contributed by atoms with E-state index in [2.05, 4.69) is 4.99 Å². The molecule has 6 N–H and O–H groups in total. The lowest BCUT2D eigenvalue weighted by Crippen LogP contribution is -2.56. The average Bonchev–Trinajstić information content (AvgIpc) is 2.61. The van der Waals surface area contributed by atoms with E-state index in [9.17, 15) is 15.4 Å². The molecule has 4 atom stereocenters. The predicted octanol–water partition coefficient (Wildman–Crippen LogP) is -3.01. The number of aliphatic hydroxyl groups is 3. The summed E-state index contributed by atoms with van der Waals surface area (Å²) < 4.78 is 5.27. The maximum Gasteiger partial charge on any atom is 0.224 e. The average molecular weight is 278 g/mol. The van der Waals surface area contributed by atoms with Gasteiger partial charge in [0, 0.05) is 0 Å². The van der Waals surface area contributed by atoms with Crippen molar-refractivity contribution in [2.45, 2.75) is 24.5 Å². The van der Waals surface area contributed by atoms with E-state index >= 15 is 0 Å². The van der Waals surface area contributed by atoms with Crippen LogP contribution >= 0.6 is 12.2 Å². The molecule has 9 nitrogen and oxygen atoms in total. The van der Waals surface area contributed by atoms with Crippen molar-refractivity contribution in [3.05, 3.63) is 0 Å². The molecule has 2 unspecified atom stereocenters.